The molecule has 4 N–H and O–H groups in total. The first-order valence-corrected chi connectivity index (χ1v) is 4.49. The van der Waals surface area contributed by atoms with Gasteiger partial charge in [0, 0.05) is 45.7 Å². The van der Waals surface area contributed by atoms with Crippen molar-refractivity contribution in [2.75, 3.05) is 7.05 Å². The molecule has 0 aliphatic heterocycles. The Morgan fingerprint density at radius 3 is 1.89 bits per heavy atom. The Bertz CT molecular complexity index is 70.1. The summed E-state index contributed by atoms with van der Waals surface area (Å²) in [7, 11) is 1.69. The molecule has 9 heavy (non-hydrogen) atoms. The molecule has 0 aromatic carbocycles. The first-order chi connectivity index (χ1) is 4.26. The molecule has 0 amide bonds. The fourth-order valence-electron chi connectivity index (χ4n) is 0.307. The Labute approximate surface area is 82.1 Å². The smallest absolute Gasteiger partial charge is 0.134 e. The maximum absolute atomic E-state index is 9.07. The highest BCUT2D eigenvalue weighted by Gasteiger charge is 2.12. The molecule has 1 atom stereocenters. The van der Waals surface area contributed by atoms with Crippen LogP contribution < -0.4 is 12.4 Å². The predicted molar refractivity (Wildman–Crippen MR) is 53.2 cm³/mol. The number of halogens is 2. The van der Waals surface area contributed by atoms with E-state index in [0.717, 1.165) is 0 Å². The molecular formula is C3H9I2N3O. The third-order valence-electron chi connectivity index (χ3n) is 0.847. The van der Waals surface area contributed by atoms with Crippen LogP contribution in [0.5, 0.6) is 0 Å². The lowest BCUT2D eigenvalue weighted by molar-refractivity contribution is 0.113. The van der Waals surface area contributed by atoms with E-state index in [1.54, 1.807) is 7.05 Å². The van der Waals surface area contributed by atoms with Crippen molar-refractivity contribution < 1.29 is 5.11 Å². The van der Waals surface area contributed by atoms with E-state index in [1.165, 1.54) is 0 Å². The molecular weight excluding hydrogens is 348 g/mol. The molecule has 0 aromatic heterocycles. The van der Waals surface area contributed by atoms with E-state index < -0.39 is 6.23 Å². The first-order valence-electron chi connectivity index (χ1n) is 2.34. The minimum atomic E-state index is -0.557. The average Bonchev–Trinajstić information content (AvgIpc) is 1.90. The molecule has 0 aromatic rings. The molecule has 0 rings (SSSR count). The quantitative estimate of drug-likeness (QED) is 0.318. The lowest BCUT2D eigenvalue weighted by Crippen LogP contribution is -2.48. The number of rotatable bonds is 4. The minimum absolute atomic E-state index is 0.115. The second-order valence-corrected chi connectivity index (χ2v) is 2.68. The molecule has 4 nitrogen and oxygen atoms in total. The summed E-state index contributed by atoms with van der Waals surface area (Å²) in [5.41, 5.74) is 0. The monoisotopic (exact) mass is 357 g/mol. The minimum Gasteiger partial charge on any atom is -0.375 e. The van der Waals surface area contributed by atoms with E-state index >= 15 is 0 Å². The highest BCUT2D eigenvalue weighted by Crippen LogP contribution is 1.90. The molecule has 0 aliphatic rings. The summed E-state index contributed by atoms with van der Waals surface area (Å²) in [5.74, 6) is 0. The van der Waals surface area contributed by atoms with Crippen LogP contribution in [0.3, 0.4) is 0 Å². The topological polar surface area (TPSA) is 56.3 Å². The maximum atomic E-state index is 9.07. The van der Waals surface area contributed by atoms with Crippen LogP contribution in [0.2, 0.25) is 0 Å². The Morgan fingerprint density at radius 1 is 1.33 bits per heavy atom. The zero-order valence-corrected chi connectivity index (χ0v) is 9.17. The van der Waals surface area contributed by atoms with Gasteiger partial charge in [0.2, 0.25) is 0 Å². The summed E-state index contributed by atoms with van der Waals surface area (Å²) >= 11 is 3.94. The molecule has 0 fully saturated rings. The van der Waals surface area contributed by atoms with Gasteiger partial charge in [-0.2, -0.15) is 0 Å². The number of nitrogens with one attached hydrogen (secondary N) is 3. The van der Waals surface area contributed by atoms with Crippen LogP contribution in [-0.2, 0) is 0 Å². The van der Waals surface area contributed by atoms with Gasteiger partial charge < -0.3 is 5.11 Å². The molecule has 0 spiro atoms. The number of aliphatic hydroxyl groups excluding tert-OH is 1. The Kier molecular flexibility index (Phi) is 6.91. The van der Waals surface area contributed by atoms with Gasteiger partial charge >= 0.3 is 0 Å². The molecule has 0 heterocycles. The highest BCUT2D eigenvalue weighted by atomic mass is 127. The standard InChI is InChI=1S/C3H9I2N3O/c1-6-3(9)2(7-4)8-5/h2-3,6-9H,1H3. The van der Waals surface area contributed by atoms with E-state index in [-0.39, 0.29) is 6.17 Å². The Balaban J connectivity index is 3.50. The zero-order valence-electron chi connectivity index (χ0n) is 4.86. The van der Waals surface area contributed by atoms with Crippen molar-refractivity contribution in [2.24, 2.45) is 0 Å². The fourth-order valence-corrected chi connectivity index (χ4v) is 1.90. The molecule has 0 saturated carbocycles. The SMILES string of the molecule is CNC(O)C(NI)NI. The van der Waals surface area contributed by atoms with Gasteiger partial charge in [-0.3, -0.25) is 5.32 Å². The van der Waals surface area contributed by atoms with Crippen molar-refractivity contribution in [2.45, 2.75) is 12.4 Å². The van der Waals surface area contributed by atoms with Crippen LogP contribution in [0.1, 0.15) is 0 Å². The third-order valence-corrected chi connectivity index (χ3v) is 2.19. The van der Waals surface area contributed by atoms with Crippen LogP contribution in [0.15, 0.2) is 0 Å². The van der Waals surface area contributed by atoms with Gasteiger partial charge in [0.05, 0.1) is 0 Å². The van der Waals surface area contributed by atoms with Gasteiger partial charge in [-0.1, -0.05) is 0 Å². The second kappa shape index (κ2) is 6.04. The van der Waals surface area contributed by atoms with Gasteiger partial charge in [0.15, 0.2) is 0 Å². The molecule has 1 unspecified atom stereocenters. The number of hydrogen-bond acceptors (Lipinski definition) is 4. The first kappa shape index (κ1) is 10.3. The van der Waals surface area contributed by atoms with Gasteiger partial charge in [-0.25, -0.2) is 7.06 Å². The number of hydrogen-bond donors (Lipinski definition) is 4. The maximum Gasteiger partial charge on any atom is 0.134 e. The van der Waals surface area contributed by atoms with Crippen molar-refractivity contribution in [1.82, 2.24) is 12.4 Å². The van der Waals surface area contributed by atoms with Crippen molar-refractivity contribution >= 4 is 45.7 Å². The van der Waals surface area contributed by atoms with E-state index in [1.807, 2.05) is 45.7 Å². The van der Waals surface area contributed by atoms with Crippen molar-refractivity contribution in [3.63, 3.8) is 0 Å². The molecule has 56 valence electrons. The summed E-state index contributed by atoms with van der Waals surface area (Å²) in [5, 5.41) is 11.8. The summed E-state index contributed by atoms with van der Waals surface area (Å²) in [6.45, 7) is 0. The predicted octanol–water partition coefficient (Wildman–Crippen LogP) is -0.271. The zero-order chi connectivity index (χ0) is 7.28. The fraction of sp³-hybridized carbons (Fsp3) is 1.00. The molecule has 6 heteroatoms. The van der Waals surface area contributed by atoms with Crippen LogP contribution in [0.25, 0.3) is 0 Å². The summed E-state index contributed by atoms with van der Waals surface area (Å²) in [6, 6.07) is 0. The van der Waals surface area contributed by atoms with Gasteiger partial charge in [-0.05, 0) is 7.05 Å². The molecule has 0 bridgehead atoms. The van der Waals surface area contributed by atoms with Gasteiger partial charge in [0.25, 0.3) is 0 Å². The van der Waals surface area contributed by atoms with E-state index in [0.29, 0.717) is 0 Å². The van der Waals surface area contributed by atoms with Crippen LogP contribution in [-0.4, -0.2) is 24.5 Å². The molecule has 0 saturated heterocycles. The summed E-state index contributed by atoms with van der Waals surface area (Å²) in [6.07, 6.45) is -0.671. The molecule has 0 aliphatic carbocycles. The van der Waals surface area contributed by atoms with Crippen molar-refractivity contribution in [3.05, 3.63) is 0 Å². The van der Waals surface area contributed by atoms with Gasteiger partial charge in [-0.15, -0.1) is 0 Å². The highest BCUT2D eigenvalue weighted by molar-refractivity contribution is 14.1. The third kappa shape index (κ3) is 3.88. The number of aliphatic hydroxyl groups is 1. The van der Waals surface area contributed by atoms with Crippen LogP contribution in [0, 0.1) is 0 Å². The molecule has 0 radical (unpaired) electrons. The van der Waals surface area contributed by atoms with E-state index in [9.17, 15) is 0 Å². The summed E-state index contributed by atoms with van der Waals surface area (Å²) in [4.78, 5) is 0. The summed E-state index contributed by atoms with van der Waals surface area (Å²) < 4.78 is 5.68. The average molecular weight is 357 g/mol. The second-order valence-electron chi connectivity index (χ2n) is 1.43. The lowest BCUT2D eigenvalue weighted by atomic mass is 10.5. The lowest BCUT2D eigenvalue weighted by Gasteiger charge is -2.18. The Morgan fingerprint density at radius 2 is 1.78 bits per heavy atom. The van der Waals surface area contributed by atoms with E-state index in [4.69, 9.17) is 5.11 Å². The largest absolute Gasteiger partial charge is 0.375 e. The van der Waals surface area contributed by atoms with Crippen molar-refractivity contribution in [3.8, 4) is 0 Å². The van der Waals surface area contributed by atoms with Crippen LogP contribution in [0.4, 0.5) is 0 Å². The Hall–Kier alpha value is 1.30. The van der Waals surface area contributed by atoms with Gasteiger partial charge in [0.1, 0.15) is 12.4 Å². The number of likely N-dealkylation sites (N-methyl/N-ethyl adjacent to an activating group) is 1. The van der Waals surface area contributed by atoms with Crippen LogP contribution >= 0.6 is 45.7 Å². The van der Waals surface area contributed by atoms with E-state index in [2.05, 4.69) is 12.4 Å². The van der Waals surface area contributed by atoms with Crippen molar-refractivity contribution in [1.29, 1.82) is 0 Å². The normalized spacial score (nSPS) is 14.3.